The minimum absolute atomic E-state index is 0.0287. The standard InChI is InChI=1S/C14H14IO.C13H12IO.C12H10I.2C2HF3O2.F6P/c1-2-16-14-10-8-13(9-11-14)15-12-6-4-3-5-7-12;1-15-13-9-7-12(8-10-13)14-11-5-3-2-4-6-11;1-3-7-11(8-4-1)13-12-9-5-2-6-10-12;2*3-2(4,5)1(6)7;1-7(2,3,4,5)6/h3-11H,2H2,1H3;2-10H,1H3;1-10H;2*(H,6,7);/q3*+1;;;-1/p-2. The van der Waals surface area contributed by atoms with Crippen LogP contribution in [0.4, 0.5) is 51.5 Å². The monoisotopic (exact) mass is 1290 g/mol. The van der Waals surface area contributed by atoms with Gasteiger partial charge in [0.1, 0.15) is 23.4 Å². The van der Waals surface area contributed by atoms with Gasteiger partial charge in [0.25, 0.3) is 0 Å². The number of benzene rings is 6. The van der Waals surface area contributed by atoms with Crippen molar-refractivity contribution in [1.29, 1.82) is 0 Å². The number of carboxylic acid groups (broad SMARTS) is 2. The minimum atomic E-state index is -10.7. The molecule has 0 unspecified atom stereocenters. The Labute approximate surface area is 397 Å². The molecular weight excluding hydrogens is 1250 g/mol. The molecular formula is C43H36F12I3O6P. The van der Waals surface area contributed by atoms with Crippen molar-refractivity contribution in [3.63, 3.8) is 0 Å². The summed E-state index contributed by atoms with van der Waals surface area (Å²) in [6, 6.07) is 59.5. The maximum absolute atomic E-state index is 10.7. The van der Waals surface area contributed by atoms with E-state index in [0.717, 1.165) is 18.1 Å². The molecule has 354 valence electrons. The first-order valence-electron chi connectivity index (χ1n) is 17.7. The van der Waals surface area contributed by atoms with E-state index < -0.39 is 32.1 Å². The molecule has 0 N–H and O–H groups in total. The summed E-state index contributed by atoms with van der Waals surface area (Å²) < 4.78 is 142. The fraction of sp³-hybridized carbons (Fsp3) is 0.116. The first kappa shape index (κ1) is 58.7. The average Bonchev–Trinajstić information content (AvgIpc) is 3.23. The number of hydrogen-bond donors (Lipinski definition) is 0. The molecule has 0 atom stereocenters. The molecule has 0 amide bonds. The van der Waals surface area contributed by atoms with Crippen LogP contribution in [0.1, 0.15) is 6.92 Å². The van der Waals surface area contributed by atoms with Gasteiger partial charge < -0.3 is 29.3 Å². The summed E-state index contributed by atoms with van der Waals surface area (Å²) in [6.45, 7) is 2.73. The number of methoxy groups -OCH3 is 1. The Morgan fingerprint density at radius 1 is 0.446 bits per heavy atom. The van der Waals surface area contributed by atoms with E-state index in [0.29, 0.717) is 0 Å². The van der Waals surface area contributed by atoms with Gasteiger partial charge in [-0.3, -0.25) is 0 Å². The zero-order valence-corrected chi connectivity index (χ0v) is 40.8. The maximum atomic E-state index is 10.5. The van der Waals surface area contributed by atoms with Crippen LogP contribution in [0.2, 0.25) is 0 Å². The molecule has 0 aliphatic rings. The SMILES string of the molecule is CCOc1ccc([I+]c2ccccc2)cc1.COc1ccc([I+]c2ccccc2)cc1.F[P-](F)(F)(F)(F)F.O=C([O-])C(F)(F)F.O=C([O-])C(F)(F)F.c1ccc([I+]c2ccccc2)cc1. The van der Waals surface area contributed by atoms with Crippen molar-refractivity contribution in [3.8, 4) is 11.5 Å². The van der Waals surface area contributed by atoms with Crippen molar-refractivity contribution in [3.05, 3.63) is 191 Å². The normalized spacial score (nSPS) is 11.7. The number of ether oxygens (including phenoxy) is 2. The summed E-state index contributed by atoms with van der Waals surface area (Å²) in [5.41, 5.74) is 0. The predicted octanol–water partition coefficient (Wildman–Crippen LogP) is 1.83. The summed E-state index contributed by atoms with van der Waals surface area (Å²) in [5, 5.41) is 17.6. The molecule has 0 aliphatic heterocycles. The third kappa shape index (κ3) is 33.7. The van der Waals surface area contributed by atoms with Crippen LogP contribution in [0, 0.1) is 21.4 Å². The van der Waals surface area contributed by atoms with E-state index >= 15 is 0 Å². The van der Waals surface area contributed by atoms with Crippen LogP contribution in [-0.2, 0) is 9.59 Å². The van der Waals surface area contributed by atoms with Gasteiger partial charge in [-0.2, -0.15) is 26.3 Å². The van der Waals surface area contributed by atoms with E-state index in [2.05, 4.69) is 158 Å². The van der Waals surface area contributed by atoms with Crippen LogP contribution in [0.25, 0.3) is 0 Å². The van der Waals surface area contributed by atoms with E-state index in [9.17, 15) is 51.5 Å². The smallest absolute Gasteiger partial charge is 0.430 e. The molecule has 0 radical (unpaired) electrons. The van der Waals surface area contributed by atoms with Gasteiger partial charge in [-0.25, -0.2) is 0 Å². The summed E-state index contributed by atoms with van der Waals surface area (Å²) in [7, 11) is -8.96. The number of carbonyl (C=O) groups is 2. The maximum Gasteiger partial charge on any atom is 0.430 e. The molecule has 0 saturated carbocycles. The average molecular weight is 1290 g/mol. The Hall–Kier alpha value is -4.36. The summed E-state index contributed by atoms with van der Waals surface area (Å²) in [6.07, 6.45) is -10.4. The van der Waals surface area contributed by atoms with Gasteiger partial charge >= 0.3 is 109 Å². The van der Waals surface area contributed by atoms with Crippen molar-refractivity contribution in [2.75, 3.05) is 13.7 Å². The van der Waals surface area contributed by atoms with Crippen molar-refractivity contribution >= 4 is 19.7 Å². The van der Waals surface area contributed by atoms with Gasteiger partial charge in [-0.05, 0) is 104 Å². The minimum Gasteiger partial charge on any atom is -0.542 e. The van der Waals surface area contributed by atoms with Crippen LogP contribution < -0.4 is 83.3 Å². The van der Waals surface area contributed by atoms with E-state index in [1.165, 1.54) is 21.4 Å². The molecule has 65 heavy (non-hydrogen) atoms. The third-order valence-electron chi connectivity index (χ3n) is 6.22. The van der Waals surface area contributed by atoms with Crippen LogP contribution in [0.5, 0.6) is 11.5 Å². The van der Waals surface area contributed by atoms with Gasteiger partial charge in [0.05, 0.1) is 13.7 Å². The number of aliphatic carboxylic acids is 2. The summed E-state index contributed by atoms with van der Waals surface area (Å²) in [4.78, 5) is 17.6. The van der Waals surface area contributed by atoms with Crippen molar-refractivity contribution in [2.45, 2.75) is 19.3 Å². The molecule has 0 bridgehead atoms. The van der Waals surface area contributed by atoms with Crippen molar-refractivity contribution < 1.29 is 144 Å². The van der Waals surface area contributed by atoms with Gasteiger partial charge in [-0.1, -0.05) is 72.8 Å². The molecule has 6 rings (SSSR count). The second kappa shape index (κ2) is 27.3. The number of carboxylic acids is 2. The van der Waals surface area contributed by atoms with Gasteiger partial charge in [-0.15, -0.1) is 0 Å². The Balaban J connectivity index is 0.000000405. The molecule has 6 aromatic rings. The topological polar surface area (TPSA) is 98.7 Å². The summed E-state index contributed by atoms with van der Waals surface area (Å²) >= 11 is -0.0657. The quantitative estimate of drug-likeness (QED) is 0.125. The molecule has 0 fully saturated rings. The second-order valence-corrected chi connectivity index (χ2v) is 22.5. The first-order valence-corrected chi connectivity index (χ1v) is 26.2. The van der Waals surface area contributed by atoms with Gasteiger partial charge in [0, 0.05) is 0 Å². The molecule has 22 heteroatoms. The number of carbonyl (C=O) groups excluding carboxylic acids is 2. The summed E-state index contributed by atoms with van der Waals surface area (Å²) in [5.74, 6) is -4.13. The van der Waals surface area contributed by atoms with Crippen LogP contribution in [0.3, 0.4) is 0 Å². The molecule has 0 saturated heterocycles. The van der Waals surface area contributed by atoms with Crippen LogP contribution in [-0.4, -0.2) is 38.0 Å². The number of halogens is 15. The predicted molar refractivity (Wildman–Crippen MR) is 204 cm³/mol. The first-order chi connectivity index (χ1) is 30.0. The Morgan fingerprint density at radius 2 is 0.646 bits per heavy atom. The molecule has 6 aromatic carbocycles. The van der Waals surface area contributed by atoms with Crippen LogP contribution in [0.15, 0.2) is 170 Å². The number of hydrogen-bond acceptors (Lipinski definition) is 6. The molecule has 0 aliphatic carbocycles. The molecule has 0 spiro atoms. The van der Waals surface area contributed by atoms with Crippen molar-refractivity contribution in [2.24, 2.45) is 0 Å². The van der Waals surface area contributed by atoms with E-state index in [-0.39, 0.29) is 63.6 Å². The second-order valence-electron chi connectivity index (χ2n) is 11.5. The van der Waals surface area contributed by atoms with Crippen molar-refractivity contribution in [1.82, 2.24) is 0 Å². The van der Waals surface area contributed by atoms with Gasteiger partial charge in [0.2, 0.25) is 0 Å². The van der Waals surface area contributed by atoms with E-state index in [4.69, 9.17) is 29.3 Å². The fourth-order valence-electron chi connectivity index (χ4n) is 3.68. The Morgan fingerprint density at radius 3 is 0.831 bits per heavy atom. The third-order valence-corrected chi connectivity index (χ3v) is 14.3. The Bertz CT molecular complexity index is 2170. The largest absolute Gasteiger partial charge is 0.542 e. The van der Waals surface area contributed by atoms with E-state index in [1.807, 2.05) is 19.1 Å². The number of alkyl halides is 6. The molecule has 0 heterocycles. The van der Waals surface area contributed by atoms with Crippen LogP contribution >= 0.6 is 7.81 Å². The van der Waals surface area contributed by atoms with Gasteiger partial charge in [0.15, 0.2) is 21.4 Å². The Kier molecular flexibility index (Phi) is 24.7. The molecule has 6 nitrogen and oxygen atoms in total. The molecule has 0 aromatic heterocycles. The number of rotatable bonds is 9. The fourth-order valence-corrected chi connectivity index (χ4v) is 10.4. The van der Waals surface area contributed by atoms with E-state index in [1.54, 1.807) is 7.11 Å². The zero-order valence-electron chi connectivity index (χ0n) is 33.4. The zero-order chi connectivity index (χ0) is 49.2.